The second-order valence-corrected chi connectivity index (χ2v) is 15.6. The maximum Gasteiger partial charge on any atom is 0.415 e. The summed E-state index contributed by atoms with van der Waals surface area (Å²) in [7, 11) is 3.35. The van der Waals surface area contributed by atoms with Crippen LogP contribution in [-0.4, -0.2) is 63.3 Å². The van der Waals surface area contributed by atoms with Crippen molar-refractivity contribution in [3.8, 4) is 5.75 Å². The van der Waals surface area contributed by atoms with Gasteiger partial charge in [-0.3, -0.25) is 14.5 Å². The second kappa shape index (κ2) is 24.1. The first-order valence-corrected chi connectivity index (χ1v) is 20.5. The van der Waals surface area contributed by atoms with E-state index in [1.54, 1.807) is 30.0 Å². The van der Waals surface area contributed by atoms with Gasteiger partial charge in [0.1, 0.15) is 11.4 Å². The molecule has 3 aromatic rings. The monoisotopic (exact) mass is 757 g/mol. The van der Waals surface area contributed by atoms with Crippen molar-refractivity contribution in [1.29, 1.82) is 0 Å². The van der Waals surface area contributed by atoms with Crippen LogP contribution in [0.1, 0.15) is 117 Å². The van der Waals surface area contributed by atoms with Crippen LogP contribution in [0.2, 0.25) is 0 Å². The molecule has 0 aliphatic carbocycles. The lowest BCUT2D eigenvalue weighted by Gasteiger charge is -2.38. The van der Waals surface area contributed by atoms with E-state index in [0.717, 1.165) is 48.3 Å². The highest BCUT2D eigenvalue weighted by Crippen LogP contribution is 2.29. The maximum atomic E-state index is 14.2. The zero-order chi connectivity index (χ0) is 40.1. The topological polar surface area (TPSA) is 91.4 Å². The third-order valence-electron chi connectivity index (χ3n) is 9.73. The molecule has 0 fully saturated rings. The van der Waals surface area contributed by atoms with E-state index in [0.29, 0.717) is 12.3 Å². The maximum absolute atomic E-state index is 14.2. The summed E-state index contributed by atoms with van der Waals surface area (Å²) in [6, 6.07) is 24.6. The van der Waals surface area contributed by atoms with Crippen LogP contribution < -0.4 is 24.8 Å². The average Bonchev–Trinajstić information content (AvgIpc) is 3.16. The van der Waals surface area contributed by atoms with Gasteiger partial charge in [0.15, 0.2) is 6.61 Å². The predicted octanol–water partition coefficient (Wildman–Crippen LogP) is 10.5. The number of anilines is 3. The smallest absolute Gasteiger partial charge is 0.415 e. The molecule has 0 aliphatic heterocycles. The van der Waals surface area contributed by atoms with Gasteiger partial charge in [0, 0.05) is 43.8 Å². The molecule has 0 saturated carbocycles. The molecule has 0 heterocycles. The minimum Gasteiger partial charge on any atom is -0.484 e. The van der Waals surface area contributed by atoms with Crippen molar-refractivity contribution >= 4 is 35.0 Å². The van der Waals surface area contributed by atoms with Crippen LogP contribution in [0.4, 0.5) is 21.9 Å². The van der Waals surface area contributed by atoms with Crippen molar-refractivity contribution in [1.82, 2.24) is 5.32 Å². The Hall–Kier alpha value is -4.53. The molecule has 0 aliphatic rings. The summed E-state index contributed by atoms with van der Waals surface area (Å²) in [6.07, 6.45) is 15.2. The fraction of sp³-hybridized carbons (Fsp3) is 0.543. The molecule has 0 radical (unpaired) electrons. The number of nitrogens with one attached hydrogen (secondary N) is 1. The first-order chi connectivity index (χ1) is 26.4. The fourth-order valence-corrected chi connectivity index (χ4v) is 6.65. The van der Waals surface area contributed by atoms with Gasteiger partial charge >= 0.3 is 6.09 Å². The number of likely N-dealkylation sites (N-methyl/N-ethyl adjacent to an activating group) is 2. The van der Waals surface area contributed by atoms with Gasteiger partial charge in [-0.1, -0.05) is 120 Å². The molecule has 0 saturated heterocycles. The number of unbranched alkanes of at least 4 members (excludes halogenated alkanes) is 11. The number of hydrogen-bond donors (Lipinski definition) is 1. The number of carbonyl (C=O) groups excluding carboxylic acids is 3. The van der Waals surface area contributed by atoms with Crippen LogP contribution in [0.15, 0.2) is 78.9 Å². The van der Waals surface area contributed by atoms with E-state index in [1.165, 1.54) is 57.8 Å². The Kier molecular flexibility index (Phi) is 19.6. The summed E-state index contributed by atoms with van der Waals surface area (Å²) < 4.78 is 11.9. The van der Waals surface area contributed by atoms with Gasteiger partial charge in [0.25, 0.3) is 5.91 Å². The molecule has 0 aromatic heterocycles. The molecule has 9 heteroatoms. The molecule has 0 bridgehead atoms. The number of para-hydroxylation sites is 1. The second-order valence-electron chi connectivity index (χ2n) is 15.6. The molecule has 3 amide bonds. The zero-order valence-electron chi connectivity index (χ0n) is 34.8. The molecule has 302 valence electrons. The normalized spacial score (nSPS) is 11.8. The molecule has 3 rings (SSSR count). The lowest BCUT2D eigenvalue weighted by molar-refractivity contribution is -0.122. The highest BCUT2D eigenvalue weighted by molar-refractivity contribution is 5.96. The Balaban J connectivity index is 1.92. The molecular weight excluding hydrogens is 689 g/mol. The third kappa shape index (κ3) is 16.8. The Labute approximate surface area is 331 Å². The van der Waals surface area contributed by atoms with Crippen LogP contribution in [0.25, 0.3) is 0 Å². The van der Waals surface area contributed by atoms with E-state index in [2.05, 4.69) is 12.2 Å². The van der Waals surface area contributed by atoms with Crippen LogP contribution in [0.5, 0.6) is 5.75 Å². The van der Waals surface area contributed by atoms with E-state index < -0.39 is 11.7 Å². The number of amides is 3. The third-order valence-corrected chi connectivity index (χ3v) is 9.73. The standard InChI is InChI=1S/C46H68N4O5/c1-8-9-10-11-12-13-14-15-16-17-18-20-28-41(50(45(53)55-46(3,4)5)40-30-23-25-37(2)32-40)34-49(35-44(52)48(7)38-26-21-19-22-27-38)39-29-24-31-42(33-39)54-36-43(51)47-6/h19,21-27,29-33,41H,8-18,20,28,34-36H2,1-7H3,(H,47,51). The number of ether oxygens (including phenoxy) is 2. The van der Waals surface area contributed by atoms with Crippen LogP contribution in [-0.2, 0) is 14.3 Å². The summed E-state index contributed by atoms with van der Waals surface area (Å²) in [4.78, 5) is 45.8. The lowest BCUT2D eigenvalue weighted by atomic mass is 10.0. The van der Waals surface area contributed by atoms with Crippen molar-refractivity contribution in [2.24, 2.45) is 0 Å². The van der Waals surface area contributed by atoms with Gasteiger partial charge in [-0.2, -0.15) is 0 Å². The highest BCUT2D eigenvalue weighted by atomic mass is 16.6. The largest absolute Gasteiger partial charge is 0.484 e. The molecule has 1 atom stereocenters. The van der Waals surface area contributed by atoms with E-state index >= 15 is 0 Å². The first kappa shape index (κ1) is 44.9. The summed E-state index contributed by atoms with van der Waals surface area (Å²) >= 11 is 0. The van der Waals surface area contributed by atoms with Crippen molar-refractivity contribution in [2.75, 3.05) is 48.5 Å². The minimum atomic E-state index is -0.704. The van der Waals surface area contributed by atoms with Crippen molar-refractivity contribution < 1.29 is 23.9 Å². The number of nitrogens with zero attached hydrogens (tertiary/aromatic N) is 3. The van der Waals surface area contributed by atoms with Gasteiger partial charge in [-0.15, -0.1) is 0 Å². The Morgan fingerprint density at radius 3 is 1.91 bits per heavy atom. The molecule has 3 aromatic carbocycles. The highest BCUT2D eigenvalue weighted by Gasteiger charge is 2.32. The van der Waals surface area contributed by atoms with Crippen molar-refractivity contribution in [3.63, 3.8) is 0 Å². The Morgan fingerprint density at radius 2 is 1.31 bits per heavy atom. The molecule has 55 heavy (non-hydrogen) atoms. The van der Waals surface area contributed by atoms with E-state index in [9.17, 15) is 14.4 Å². The molecule has 9 nitrogen and oxygen atoms in total. The van der Waals surface area contributed by atoms with Gasteiger partial charge in [0.05, 0.1) is 12.6 Å². The number of aryl methyl sites for hydroxylation is 1. The molecule has 0 spiro atoms. The quantitative estimate of drug-likeness (QED) is 0.0915. The number of hydrogen-bond acceptors (Lipinski definition) is 6. The summed E-state index contributed by atoms with van der Waals surface area (Å²) in [6.45, 7) is 10.2. The van der Waals surface area contributed by atoms with Gasteiger partial charge in [-0.25, -0.2) is 4.79 Å². The summed E-state index contributed by atoms with van der Waals surface area (Å²) in [5, 5.41) is 2.59. The van der Waals surface area contributed by atoms with Crippen LogP contribution in [0, 0.1) is 6.92 Å². The van der Waals surface area contributed by atoms with Crippen molar-refractivity contribution in [2.45, 2.75) is 130 Å². The first-order valence-electron chi connectivity index (χ1n) is 20.5. The fourth-order valence-electron chi connectivity index (χ4n) is 6.65. The van der Waals surface area contributed by atoms with Gasteiger partial charge in [0.2, 0.25) is 5.91 Å². The predicted molar refractivity (Wildman–Crippen MR) is 227 cm³/mol. The van der Waals surface area contributed by atoms with Crippen LogP contribution in [0.3, 0.4) is 0 Å². The van der Waals surface area contributed by atoms with Crippen molar-refractivity contribution in [3.05, 3.63) is 84.4 Å². The zero-order valence-corrected chi connectivity index (χ0v) is 34.8. The van der Waals surface area contributed by atoms with E-state index in [-0.39, 0.29) is 31.0 Å². The molecular formula is C46H68N4O5. The average molecular weight is 757 g/mol. The number of rotatable bonds is 24. The van der Waals surface area contributed by atoms with Crippen LogP contribution >= 0.6 is 0 Å². The number of benzene rings is 3. The van der Waals surface area contributed by atoms with Gasteiger partial charge in [-0.05, 0) is 76.1 Å². The summed E-state index contributed by atoms with van der Waals surface area (Å²) in [5.74, 6) is 0.164. The number of carbonyl (C=O) groups is 3. The minimum absolute atomic E-state index is 0.0508. The molecule has 1 unspecified atom stereocenters. The van der Waals surface area contributed by atoms with Gasteiger partial charge < -0.3 is 24.6 Å². The Bertz CT molecular complexity index is 1570. The SMILES string of the molecule is CCCCCCCCCCCCCCC(CN(CC(=O)N(C)c1ccccc1)c1cccc(OCC(=O)NC)c1)N(C(=O)OC(C)(C)C)c1cccc(C)c1. The lowest BCUT2D eigenvalue weighted by Crippen LogP contribution is -2.51. The van der Waals surface area contributed by atoms with E-state index in [1.807, 2.05) is 105 Å². The van der Waals surface area contributed by atoms with E-state index in [4.69, 9.17) is 9.47 Å². The molecule has 1 N–H and O–H groups in total. The summed E-state index contributed by atoms with van der Waals surface area (Å²) in [5.41, 5.74) is 2.63. The Morgan fingerprint density at radius 1 is 0.727 bits per heavy atom.